The van der Waals surface area contributed by atoms with E-state index in [4.69, 9.17) is 18.0 Å². The topological polar surface area (TPSA) is 127 Å². The number of thiophene rings is 1. The Labute approximate surface area is 170 Å². The molecular weight excluding hydrogens is 400 g/mol. The summed E-state index contributed by atoms with van der Waals surface area (Å²) in [6.07, 6.45) is 2.60. The van der Waals surface area contributed by atoms with Gasteiger partial charge in [-0.25, -0.2) is 0 Å². The Kier molecular flexibility index (Phi) is 5.71. The lowest BCUT2D eigenvalue weighted by molar-refractivity contribution is -0.385. The van der Waals surface area contributed by atoms with Gasteiger partial charge in [-0.3, -0.25) is 25.0 Å². The molecule has 28 heavy (non-hydrogen) atoms. The highest BCUT2D eigenvalue weighted by molar-refractivity contribution is 7.80. The van der Waals surface area contributed by atoms with Gasteiger partial charge in [-0.1, -0.05) is 19.1 Å². The number of nitro benzene ring substituents is 1. The Bertz CT molecular complexity index is 986. The van der Waals surface area contributed by atoms with Crippen LogP contribution >= 0.6 is 23.6 Å². The third kappa shape index (κ3) is 4.02. The first-order valence-corrected chi connectivity index (χ1v) is 9.80. The summed E-state index contributed by atoms with van der Waals surface area (Å²) in [5, 5.41) is 16.8. The molecule has 10 heteroatoms. The van der Waals surface area contributed by atoms with E-state index in [9.17, 15) is 19.7 Å². The molecule has 1 aromatic heterocycles. The van der Waals surface area contributed by atoms with Gasteiger partial charge in [-0.05, 0) is 49.0 Å². The van der Waals surface area contributed by atoms with Crippen molar-refractivity contribution in [1.29, 1.82) is 0 Å². The average molecular weight is 419 g/mol. The van der Waals surface area contributed by atoms with Crippen molar-refractivity contribution in [3.05, 3.63) is 55.9 Å². The van der Waals surface area contributed by atoms with Gasteiger partial charge in [-0.2, -0.15) is 0 Å². The van der Waals surface area contributed by atoms with E-state index in [0.29, 0.717) is 16.5 Å². The Morgan fingerprint density at radius 1 is 1.36 bits per heavy atom. The van der Waals surface area contributed by atoms with Crippen molar-refractivity contribution < 1.29 is 14.5 Å². The Balaban J connectivity index is 1.80. The van der Waals surface area contributed by atoms with Crippen molar-refractivity contribution in [2.45, 2.75) is 26.2 Å². The van der Waals surface area contributed by atoms with Crippen molar-refractivity contribution in [2.75, 3.05) is 5.32 Å². The molecule has 1 heterocycles. The molecule has 1 aromatic carbocycles. The van der Waals surface area contributed by atoms with Gasteiger partial charge in [0.05, 0.1) is 10.5 Å². The van der Waals surface area contributed by atoms with Gasteiger partial charge in [0.2, 0.25) is 0 Å². The van der Waals surface area contributed by atoms with Crippen LogP contribution in [0.5, 0.6) is 0 Å². The SMILES string of the molecule is C[C@@H]1CCc2c(sc(NC(=S)NC(=O)c3ccccc3[N+](=O)[O-])c2C(N)=O)C1. The van der Waals surface area contributed by atoms with Crippen LogP contribution < -0.4 is 16.4 Å². The first kappa shape index (κ1) is 19.9. The molecule has 2 amide bonds. The number of primary amides is 1. The molecule has 146 valence electrons. The zero-order valence-corrected chi connectivity index (χ0v) is 16.6. The van der Waals surface area contributed by atoms with Gasteiger partial charge in [-0.15, -0.1) is 11.3 Å². The number of fused-ring (bicyclic) bond motifs is 1. The van der Waals surface area contributed by atoms with E-state index in [2.05, 4.69) is 17.6 Å². The van der Waals surface area contributed by atoms with Crippen molar-refractivity contribution in [3.8, 4) is 0 Å². The number of nitro groups is 1. The number of para-hydroxylation sites is 1. The van der Waals surface area contributed by atoms with Crippen molar-refractivity contribution in [1.82, 2.24) is 5.32 Å². The maximum atomic E-state index is 12.4. The van der Waals surface area contributed by atoms with Crippen LogP contribution in [0.3, 0.4) is 0 Å². The number of benzene rings is 1. The lowest BCUT2D eigenvalue weighted by Crippen LogP contribution is -2.34. The van der Waals surface area contributed by atoms with Crippen LogP contribution in [0.2, 0.25) is 0 Å². The van der Waals surface area contributed by atoms with Crippen LogP contribution in [-0.2, 0) is 12.8 Å². The number of nitrogens with zero attached hydrogens (tertiary/aromatic N) is 1. The minimum atomic E-state index is -0.708. The van der Waals surface area contributed by atoms with E-state index in [-0.39, 0.29) is 16.4 Å². The zero-order valence-electron chi connectivity index (χ0n) is 15.0. The molecule has 0 unspecified atom stereocenters. The van der Waals surface area contributed by atoms with Gasteiger partial charge >= 0.3 is 0 Å². The van der Waals surface area contributed by atoms with Crippen LogP contribution in [0, 0.1) is 16.0 Å². The molecule has 1 aliphatic carbocycles. The lowest BCUT2D eigenvalue weighted by atomic mass is 9.88. The molecule has 0 bridgehead atoms. The van der Waals surface area contributed by atoms with Gasteiger partial charge in [0, 0.05) is 10.9 Å². The predicted molar refractivity (Wildman–Crippen MR) is 111 cm³/mol. The summed E-state index contributed by atoms with van der Waals surface area (Å²) < 4.78 is 0. The van der Waals surface area contributed by atoms with E-state index >= 15 is 0 Å². The maximum Gasteiger partial charge on any atom is 0.282 e. The molecule has 1 aliphatic rings. The molecule has 0 saturated carbocycles. The van der Waals surface area contributed by atoms with E-state index in [0.717, 1.165) is 29.7 Å². The third-order valence-corrected chi connectivity index (χ3v) is 5.93. The molecule has 2 aromatic rings. The van der Waals surface area contributed by atoms with E-state index < -0.39 is 16.7 Å². The molecule has 0 radical (unpaired) electrons. The monoisotopic (exact) mass is 418 g/mol. The summed E-state index contributed by atoms with van der Waals surface area (Å²) in [5.74, 6) is -0.743. The summed E-state index contributed by atoms with van der Waals surface area (Å²) >= 11 is 6.57. The molecule has 4 N–H and O–H groups in total. The number of hydrogen-bond acceptors (Lipinski definition) is 6. The Hall–Kier alpha value is -2.85. The van der Waals surface area contributed by atoms with Gasteiger partial charge in [0.15, 0.2) is 5.11 Å². The van der Waals surface area contributed by atoms with Gasteiger partial charge < -0.3 is 11.1 Å². The minimum Gasteiger partial charge on any atom is -0.365 e. The summed E-state index contributed by atoms with van der Waals surface area (Å²) in [5.41, 5.74) is 6.47. The summed E-state index contributed by atoms with van der Waals surface area (Å²) in [6, 6.07) is 5.58. The number of carbonyl (C=O) groups excluding carboxylic acids is 2. The Morgan fingerprint density at radius 2 is 2.07 bits per heavy atom. The summed E-state index contributed by atoms with van der Waals surface area (Å²) in [7, 11) is 0. The number of hydrogen-bond donors (Lipinski definition) is 3. The molecule has 0 saturated heterocycles. The number of amides is 2. The second-order valence-electron chi connectivity index (χ2n) is 6.60. The van der Waals surface area contributed by atoms with E-state index in [1.165, 1.54) is 35.6 Å². The number of thiocarbonyl (C=S) groups is 1. The lowest BCUT2D eigenvalue weighted by Gasteiger charge is -2.18. The number of anilines is 1. The standard InChI is InChI=1S/C18H18N4O4S2/c1-9-6-7-11-13(8-9)28-17(14(11)15(19)23)21-18(27)20-16(24)10-4-2-3-5-12(10)22(25)26/h2-5,9H,6-8H2,1H3,(H2,19,23)(H2,20,21,24,27)/t9-/m1/s1. The largest absolute Gasteiger partial charge is 0.365 e. The van der Waals surface area contributed by atoms with Gasteiger partial charge in [0.25, 0.3) is 17.5 Å². The fourth-order valence-electron chi connectivity index (χ4n) is 3.23. The summed E-state index contributed by atoms with van der Waals surface area (Å²) in [4.78, 5) is 35.9. The van der Waals surface area contributed by atoms with Crippen LogP contribution in [-0.4, -0.2) is 21.9 Å². The highest BCUT2D eigenvalue weighted by atomic mass is 32.1. The predicted octanol–water partition coefficient (Wildman–Crippen LogP) is 3.01. The fraction of sp³-hybridized carbons (Fsp3) is 0.278. The van der Waals surface area contributed by atoms with E-state index in [1.807, 2.05) is 0 Å². The van der Waals surface area contributed by atoms with Crippen molar-refractivity contribution in [2.24, 2.45) is 11.7 Å². The third-order valence-electron chi connectivity index (χ3n) is 4.56. The normalized spacial score (nSPS) is 15.4. The molecule has 0 fully saturated rings. The second kappa shape index (κ2) is 8.03. The smallest absolute Gasteiger partial charge is 0.282 e. The van der Waals surface area contributed by atoms with Crippen molar-refractivity contribution >= 4 is 51.2 Å². The number of rotatable bonds is 4. The molecule has 3 rings (SSSR count). The zero-order chi connectivity index (χ0) is 20.4. The number of nitrogens with one attached hydrogen (secondary N) is 2. The molecule has 8 nitrogen and oxygen atoms in total. The van der Waals surface area contributed by atoms with Crippen LogP contribution in [0.25, 0.3) is 0 Å². The first-order valence-electron chi connectivity index (χ1n) is 8.58. The highest BCUT2D eigenvalue weighted by Gasteiger charge is 2.27. The van der Waals surface area contributed by atoms with Crippen LogP contribution in [0.4, 0.5) is 10.7 Å². The fourth-order valence-corrected chi connectivity index (χ4v) is 4.91. The van der Waals surface area contributed by atoms with Crippen molar-refractivity contribution in [3.63, 3.8) is 0 Å². The van der Waals surface area contributed by atoms with Crippen LogP contribution in [0.1, 0.15) is 44.5 Å². The number of carbonyl (C=O) groups is 2. The molecule has 1 atom stereocenters. The minimum absolute atomic E-state index is 0.0581. The average Bonchev–Trinajstić information content (AvgIpc) is 2.98. The maximum absolute atomic E-state index is 12.4. The second-order valence-corrected chi connectivity index (χ2v) is 8.12. The summed E-state index contributed by atoms with van der Waals surface area (Å²) in [6.45, 7) is 2.15. The quantitative estimate of drug-likeness (QED) is 0.398. The molecule has 0 aliphatic heterocycles. The molecule has 0 spiro atoms. The highest BCUT2D eigenvalue weighted by Crippen LogP contribution is 2.39. The van der Waals surface area contributed by atoms with Gasteiger partial charge in [0.1, 0.15) is 10.6 Å². The number of nitrogens with two attached hydrogens (primary N) is 1. The molecular formula is C18H18N4O4S2. The Morgan fingerprint density at radius 3 is 2.75 bits per heavy atom. The van der Waals surface area contributed by atoms with E-state index in [1.54, 1.807) is 0 Å². The first-order chi connectivity index (χ1) is 13.3. The van der Waals surface area contributed by atoms with Crippen LogP contribution in [0.15, 0.2) is 24.3 Å².